The SMILES string of the molecule is CC(=O)OC(c1ccc(F)cc1C(F)(F)F)c1cnc2n1CCN(C(=O)OC(C)(C)C)C2. The van der Waals surface area contributed by atoms with E-state index < -0.39 is 46.9 Å². The molecule has 0 saturated carbocycles. The lowest BCUT2D eigenvalue weighted by Crippen LogP contribution is -2.42. The van der Waals surface area contributed by atoms with E-state index in [1.54, 1.807) is 25.3 Å². The Morgan fingerprint density at radius 2 is 1.84 bits per heavy atom. The maximum Gasteiger partial charge on any atom is 0.416 e. The quantitative estimate of drug-likeness (QED) is 0.503. The number of hydrogen-bond donors (Lipinski definition) is 0. The Morgan fingerprint density at radius 3 is 2.44 bits per heavy atom. The second-order valence-corrected chi connectivity index (χ2v) is 8.37. The first-order valence-electron chi connectivity index (χ1n) is 9.82. The average Bonchev–Trinajstić information content (AvgIpc) is 3.07. The average molecular weight is 457 g/mol. The number of halogens is 4. The fourth-order valence-electron chi connectivity index (χ4n) is 3.43. The molecule has 7 nitrogen and oxygen atoms in total. The molecule has 0 aliphatic carbocycles. The Bertz CT molecular complexity index is 1030. The predicted octanol–water partition coefficient (Wildman–Crippen LogP) is 4.44. The molecule has 1 amide bonds. The van der Waals surface area contributed by atoms with E-state index in [4.69, 9.17) is 9.47 Å². The Morgan fingerprint density at radius 1 is 1.16 bits per heavy atom. The van der Waals surface area contributed by atoms with E-state index in [0.717, 1.165) is 19.1 Å². The van der Waals surface area contributed by atoms with Crippen LogP contribution in [0.5, 0.6) is 0 Å². The van der Waals surface area contributed by atoms with Gasteiger partial charge < -0.3 is 14.0 Å². The fraction of sp³-hybridized carbons (Fsp3) is 0.476. The number of aromatic nitrogens is 2. The molecule has 0 saturated heterocycles. The fourth-order valence-corrected chi connectivity index (χ4v) is 3.43. The van der Waals surface area contributed by atoms with Crippen LogP contribution in [-0.4, -0.2) is 38.7 Å². The number of alkyl halides is 3. The molecule has 1 unspecified atom stereocenters. The van der Waals surface area contributed by atoms with Crippen LogP contribution in [0, 0.1) is 5.82 Å². The summed E-state index contributed by atoms with van der Waals surface area (Å²) in [5.74, 6) is -1.48. The first kappa shape index (κ1) is 23.6. The Labute approximate surface area is 181 Å². The maximum atomic E-state index is 13.6. The van der Waals surface area contributed by atoms with Crippen LogP contribution >= 0.6 is 0 Å². The summed E-state index contributed by atoms with van der Waals surface area (Å²) in [5, 5.41) is 0. The number of hydrogen-bond acceptors (Lipinski definition) is 5. The highest BCUT2D eigenvalue weighted by Gasteiger charge is 2.39. The summed E-state index contributed by atoms with van der Waals surface area (Å²) >= 11 is 0. The van der Waals surface area contributed by atoms with E-state index in [0.29, 0.717) is 11.9 Å². The Hall–Kier alpha value is -3.11. The molecule has 11 heteroatoms. The van der Waals surface area contributed by atoms with E-state index in [1.165, 1.54) is 11.1 Å². The van der Waals surface area contributed by atoms with Crippen molar-refractivity contribution >= 4 is 12.1 Å². The lowest BCUT2D eigenvalue weighted by molar-refractivity contribution is -0.148. The standard InChI is InChI=1S/C21H23F4N3O4/c1-12(29)31-18(14-6-5-13(22)9-15(14)21(23,24)25)16-10-26-17-11-27(7-8-28(16)17)19(30)32-20(2,3)4/h5-6,9-10,18H,7-8,11H2,1-4H3. The molecule has 0 spiro atoms. The van der Waals surface area contributed by atoms with Crippen molar-refractivity contribution in [1.82, 2.24) is 14.5 Å². The maximum absolute atomic E-state index is 13.6. The summed E-state index contributed by atoms with van der Waals surface area (Å²) in [5.41, 5.74) is -2.15. The summed E-state index contributed by atoms with van der Waals surface area (Å²) in [6, 6.07) is 2.18. The number of imidazole rings is 1. The third-order valence-corrected chi connectivity index (χ3v) is 4.70. The van der Waals surface area contributed by atoms with Crippen LogP contribution in [0.1, 0.15) is 56.4 Å². The van der Waals surface area contributed by atoms with Crippen LogP contribution in [0.25, 0.3) is 0 Å². The number of ether oxygens (including phenoxy) is 2. The van der Waals surface area contributed by atoms with Crippen molar-refractivity contribution in [3.8, 4) is 0 Å². The van der Waals surface area contributed by atoms with Gasteiger partial charge in [0.05, 0.1) is 24.0 Å². The van der Waals surface area contributed by atoms with Gasteiger partial charge in [-0.1, -0.05) is 6.07 Å². The zero-order valence-electron chi connectivity index (χ0n) is 18.0. The molecule has 2 heterocycles. The molecule has 0 fully saturated rings. The number of nitrogens with zero attached hydrogens (tertiary/aromatic N) is 3. The molecule has 0 N–H and O–H groups in total. The summed E-state index contributed by atoms with van der Waals surface area (Å²) < 4.78 is 66.5. The van der Waals surface area contributed by atoms with Crippen molar-refractivity contribution in [2.75, 3.05) is 6.54 Å². The van der Waals surface area contributed by atoms with Crippen LogP contribution in [0.2, 0.25) is 0 Å². The molecule has 0 bridgehead atoms. The van der Waals surface area contributed by atoms with Crippen LogP contribution in [-0.2, 0) is 33.5 Å². The van der Waals surface area contributed by atoms with E-state index in [1.807, 2.05) is 0 Å². The van der Waals surface area contributed by atoms with E-state index in [2.05, 4.69) is 4.98 Å². The number of amides is 1. The van der Waals surface area contributed by atoms with Gasteiger partial charge in [-0.05, 0) is 32.9 Å². The molecule has 3 rings (SSSR count). The second-order valence-electron chi connectivity index (χ2n) is 8.37. The number of fused-ring (bicyclic) bond motifs is 1. The minimum atomic E-state index is -4.87. The summed E-state index contributed by atoms with van der Waals surface area (Å²) in [6.45, 7) is 6.76. The lowest BCUT2D eigenvalue weighted by atomic mass is 9.99. The highest BCUT2D eigenvalue weighted by atomic mass is 19.4. The van der Waals surface area contributed by atoms with Gasteiger partial charge in [0.15, 0.2) is 6.10 Å². The third kappa shape index (κ3) is 5.20. The largest absolute Gasteiger partial charge is 0.451 e. The van der Waals surface area contributed by atoms with Crippen molar-refractivity contribution in [2.24, 2.45) is 0 Å². The number of rotatable bonds is 3. The topological polar surface area (TPSA) is 73.7 Å². The van der Waals surface area contributed by atoms with Crippen molar-refractivity contribution < 1.29 is 36.6 Å². The Kier molecular flexibility index (Phi) is 6.21. The molecule has 2 aromatic rings. The molecule has 32 heavy (non-hydrogen) atoms. The normalized spacial score (nSPS) is 15.2. The highest BCUT2D eigenvalue weighted by Crippen LogP contribution is 2.39. The number of benzene rings is 1. The van der Waals surface area contributed by atoms with Crippen LogP contribution in [0.4, 0.5) is 22.4 Å². The van der Waals surface area contributed by atoms with Crippen molar-refractivity contribution in [3.05, 3.63) is 52.9 Å². The van der Waals surface area contributed by atoms with Crippen LogP contribution in [0.3, 0.4) is 0 Å². The van der Waals surface area contributed by atoms with Gasteiger partial charge in [-0.2, -0.15) is 13.2 Å². The Balaban J connectivity index is 1.98. The van der Waals surface area contributed by atoms with Crippen molar-refractivity contribution in [2.45, 2.75) is 58.7 Å². The van der Waals surface area contributed by atoms with Gasteiger partial charge >= 0.3 is 18.2 Å². The molecule has 1 aromatic carbocycles. The van der Waals surface area contributed by atoms with Crippen LogP contribution in [0.15, 0.2) is 24.4 Å². The van der Waals surface area contributed by atoms with Gasteiger partial charge in [0, 0.05) is 25.6 Å². The first-order valence-corrected chi connectivity index (χ1v) is 9.82. The summed E-state index contributed by atoms with van der Waals surface area (Å²) in [6.07, 6.45) is -5.57. The van der Waals surface area contributed by atoms with Crippen molar-refractivity contribution in [3.63, 3.8) is 0 Å². The summed E-state index contributed by atoms with van der Waals surface area (Å²) in [4.78, 5) is 29.7. The first-order chi connectivity index (χ1) is 14.8. The van der Waals surface area contributed by atoms with Gasteiger partial charge in [0.2, 0.25) is 0 Å². The van der Waals surface area contributed by atoms with Crippen LogP contribution < -0.4 is 0 Å². The lowest BCUT2D eigenvalue weighted by Gasteiger charge is -2.31. The van der Waals surface area contributed by atoms with E-state index >= 15 is 0 Å². The number of esters is 1. The molecule has 174 valence electrons. The van der Waals surface area contributed by atoms with E-state index in [-0.39, 0.29) is 25.3 Å². The summed E-state index contributed by atoms with van der Waals surface area (Å²) in [7, 11) is 0. The molecular weight excluding hydrogens is 434 g/mol. The molecule has 0 radical (unpaired) electrons. The third-order valence-electron chi connectivity index (χ3n) is 4.70. The second kappa shape index (κ2) is 8.44. The highest BCUT2D eigenvalue weighted by molar-refractivity contribution is 5.68. The van der Waals surface area contributed by atoms with Gasteiger partial charge in [-0.25, -0.2) is 14.2 Å². The molecule has 1 aromatic heterocycles. The van der Waals surface area contributed by atoms with Gasteiger partial charge in [0.25, 0.3) is 0 Å². The monoisotopic (exact) mass is 457 g/mol. The molecular formula is C21H23F4N3O4. The molecule has 1 atom stereocenters. The van der Waals surface area contributed by atoms with E-state index in [9.17, 15) is 27.2 Å². The molecule has 1 aliphatic heterocycles. The number of carbonyl (C=O) groups is 2. The predicted molar refractivity (Wildman–Crippen MR) is 104 cm³/mol. The van der Waals surface area contributed by atoms with Gasteiger partial charge in [0.1, 0.15) is 17.2 Å². The molecule has 1 aliphatic rings. The van der Waals surface area contributed by atoms with Gasteiger partial charge in [-0.3, -0.25) is 9.69 Å². The zero-order valence-corrected chi connectivity index (χ0v) is 18.0. The smallest absolute Gasteiger partial charge is 0.416 e. The van der Waals surface area contributed by atoms with Gasteiger partial charge in [-0.15, -0.1) is 0 Å². The number of carbonyl (C=O) groups excluding carboxylic acids is 2. The zero-order chi connectivity index (χ0) is 23.8. The minimum absolute atomic E-state index is 0.0667. The minimum Gasteiger partial charge on any atom is -0.451 e. The van der Waals surface area contributed by atoms with Crippen molar-refractivity contribution in [1.29, 1.82) is 0 Å².